The number of hydrogen-bond acceptors (Lipinski definition) is 4. The first-order chi connectivity index (χ1) is 13.2. The summed E-state index contributed by atoms with van der Waals surface area (Å²) >= 11 is 6.27. The van der Waals surface area contributed by atoms with Crippen molar-refractivity contribution in [3.63, 3.8) is 0 Å². The number of carbonyl (C=O) groups excluding carboxylic acids is 2. The van der Waals surface area contributed by atoms with Gasteiger partial charge < -0.3 is 20.3 Å². The highest BCUT2D eigenvalue weighted by atomic mass is 35.5. The lowest BCUT2D eigenvalue weighted by atomic mass is 10.0. The molecule has 150 valence electrons. The number of rotatable bonds is 7. The van der Waals surface area contributed by atoms with Gasteiger partial charge >= 0.3 is 0 Å². The highest BCUT2D eigenvalue weighted by Gasteiger charge is 2.26. The van der Waals surface area contributed by atoms with E-state index in [9.17, 15) is 9.59 Å². The van der Waals surface area contributed by atoms with Gasteiger partial charge in [-0.2, -0.15) is 0 Å². The van der Waals surface area contributed by atoms with Gasteiger partial charge in [0.15, 0.2) is 0 Å². The van der Waals surface area contributed by atoms with Crippen molar-refractivity contribution in [1.82, 2.24) is 5.32 Å². The number of nitrogens with zero attached hydrogens (tertiary/aromatic N) is 1. The number of anilines is 2. The lowest BCUT2D eigenvalue weighted by Crippen LogP contribution is -2.47. The van der Waals surface area contributed by atoms with Gasteiger partial charge in [-0.3, -0.25) is 9.59 Å². The fraction of sp³-hybridized carbons (Fsp3) is 0.333. The summed E-state index contributed by atoms with van der Waals surface area (Å²) in [7, 11) is 5.28. The maximum absolute atomic E-state index is 12.8. The average Bonchev–Trinajstić information content (AvgIpc) is 2.65. The van der Waals surface area contributed by atoms with Crippen molar-refractivity contribution < 1.29 is 14.3 Å². The Morgan fingerprint density at radius 3 is 2.36 bits per heavy atom. The maximum atomic E-state index is 12.8. The van der Waals surface area contributed by atoms with Crippen molar-refractivity contribution in [1.29, 1.82) is 0 Å². The normalized spacial score (nSPS) is 11.7. The highest BCUT2D eigenvalue weighted by molar-refractivity contribution is 6.33. The van der Waals surface area contributed by atoms with Gasteiger partial charge in [0.1, 0.15) is 11.8 Å². The standard InChI is InChI=1S/C21H26ClN3O3/c1-13(2)19(24-20(26)15-8-6-7-9-18(15)28-5)21(27)23-14-10-11-17(25(3)4)16(22)12-14/h6-13,19H,1-5H3,(H,23,27)(H,24,26). The number of benzene rings is 2. The van der Waals surface area contributed by atoms with Crippen LogP contribution < -0.4 is 20.3 Å². The molecule has 0 bridgehead atoms. The molecule has 0 saturated heterocycles. The third-order valence-corrected chi connectivity index (χ3v) is 4.59. The Morgan fingerprint density at radius 1 is 1.11 bits per heavy atom. The fourth-order valence-electron chi connectivity index (χ4n) is 2.75. The van der Waals surface area contributed by atoms with Crippen LogP contribution in [-0.4, -0.2) is 39.1 Å². The van der Waals surface area contributed by atoms with Gasteiger partial charge in [-0.05, 0) is 36.2 Å². The van der Waals surface area contributed by atoms with E-state index in [4.69, 9.17) is 16.3 Å². The summed E-state index contributed by atoms with van der Waals surface area (Å²) in [6.45, 7) is 3.74. The van der Waals surface area contributed by atoms with Crippen LogP contribution in [0.25, 0.3) is 0 Å². The molecular formula is C21H26ClN3O3. The fourth-order valence-corrected chi connectivity index (χ4v) is 3.10. The average molecular weight is 404 g/mol. The van der Waals surface area contributed by atoms with E-state index in [-0.39, 0.29) is 17.7 Å². The number of hydrogen-bond donors (Lipinski definition) is 2. The molecule has 0 aliphatic carbocycles. The van der Waals surface area contributed by atoms with E-state index in [0.29, 0.717) is 22.0 Å². The van der Waals surface area contributed by atoms with Gasteiger partial charge in [0, 0.05) is 19.8 Å². The predicted molar refractivity (Wildman–Crippen MR) is 113 cm³/mol. The van der Waals surface area contributed by atoms with Crippen LogP contribution in [0.5, 0.6) is 5.75 Å². The quantitative estimate of drug-likeness (QED) is 0.737. The zero-order valence-electron chi connectivity index (χ0n) is 16.7. The number of amides is 2. The van der Waals surface area contributed by atoms with Crippen LogP contribution >= 0.6 is 11.6 Å². The van der Waals surface area contributed by atoms with Crippen LogP contribution in [0.15, 0.2) is 42.5 Å². The molecular weight excluding hydrogens is 378 g/mol. The number of methoxy groups -OCH3 is 1. The first kappa shape index (κ1) is 21.6. The molecule has 0 heterocycles. The van der Waals surface area contributed by atoms with Crippen LogP contribution in [0.2, 0.25) is 5.02 Å². The molecule has 0 aliphatic heterocycles. The Balaban J connectivity index is 2.16. The third-order valence-electron chi connectivity index (χ3n) is 4.28. The van der Waals surface area contributed by atoms with Crippen molar-refractivity contribution in [2.24, 2.45) is 5.92 Å². The van der Waals surface area contributed by atoms with E-state index in [1.165, 1.54) is 7.11 Å². The molecule has 2 N–H and O–H groups in total. The SMILES string of the molecule is COc1ccccc1C(=O)NC(C(=O)Nc1ccc(N(C)C)c(Cl)c1)C(C)C. The summed E-state index contributed by atoms with van der Waals surface area (Å²) in [5.41, 5.74) is 1.80. The molecule has 0 fully saturated rings. The van der Waals surface area contributed by atoms with Crippen molar-refractivity contribution >= 4 is 34.8 Å². The predicted octanol–water partition coefficient (Wildman–Crippen LogP) is 3.81. The van der Waals surface area contributed by atoms with Gasteiger partial charge in [0.25, 0.3) is 5.91 Å². The second kappa shape index (κ2) is 9.46. The van der Waals surface area contributed by atoms with Gasteiger partial charge in [-0.25, -0.2) is 0 Å². The molecule has 2 aromatic rings. The van der Waals surface area contributed by atoms with Crippen molar-refractivity contribution in [2.75, 3.05) is 31.4 Å². The monoisotopic (exact) mass is 403 g/mol. The van der Waals surface area contributed by atoms with E-state index < -0.39 is 6.04 Å². The Labute approximate surface area is 170 Å². The van der Waals surface area contributed by atoms with Crippen LogP contribution in [0.4, 0.5) is 11.4 Å². The molecule has 0 aliphatic rings. The largest absolute Gasteiger partial charge is 0.496 e. The van der Waals surface area contributed by atoms with Gasteiger partial charge in [-0.15, -0.1) is 0 Å². The first-order valence-electron chi connectivity index (χ1n) is 8.96. The summed E-state index contributed by atoms with van der Waals surface area (Å²) in [5, 5.41) is 6.16. The molecule has 0 radical (unpaired) electrons. The van der Waals surface area contributed by atoms with E-state index >= 15 is 0 Å². The second-order valence-electron chi connectivity index (χ2n) is 6.95. The minimum Gasteiger partial charge on any atom is -0.496 e. The summed E-state index contributed by atoms with van der Waals surface area (Å²) in [6.07, 6.45) is 0. The van der Waals surface area contributed by atoms with Crippen LogP contribution in [0.3, 0.4) is 0 Å². The lowest BCUT2D eigenvalue weighted by molar-refractivity contribution is -0.118. The summed E-state index contributed by atoms with van der Waals surface area (Å²) < 4.78 is 5.23. The van der Waals surface area contributed by atoms with Crippen molar-refractivity contribution in [2.45, 2.75) is 19.9 Å². The van der Waals surface area contributed by atoms with Gasteiger partial charge in [0.05, 0.1) is 23.4 Å². The molecule has 2 amide bonds. The minimum atomic E-state index is -0.718. The molecule has 2 rings (SSSR count). The highest BCUT2D eigenvalue weighted by Crippen LogP contribution is 2.27. The second-order valence-corrected chi connectivity index (χ2v) is 7.35. The lowest BCUT2D eigenvalue weighted by Gasteiger charge is -2.22. The molecule has 2 aromatic carbocycles. The zero-order valence-corrected chi connectivity index (χ0v) is 17.5. The molecule has 0 saturated carbocycles. The number of nitrogens with one attached hydrogen (secondary N) is 2. The molecule has 7 heteroatoms. The third kappa shape index (κ3) is 5.16. The Kier molecular flexibility index (Phi) is 7.29. The van der Waals surface area contributed by atoms with Crippen molar-refractivity contribution in [3.8, 4) is 5.75 Å². The number of carbonyl (C=O) groups is 2. The van der Waals surface area contributed by atoms with Gasteiger partial charge in [0.2, 0.25) is 5.91 Å². The van der Waals surface area contributed by atoms with Crippen molar-refractivity contribution in [3.05, 3.63) is 53.1 Å². The van der Waals surface area contributed by atoms with Crippen LogP contribution in [-0.2, 0) is 4.79 Å². The van der Waals surface area contributed by atoms with E-state index in [1.54, 1.807) is 36.4 Å². The maximum Gasteiger partial charge on any atom is 0.255 e. The molecule has 28 heavy (non-hydrogen) atoms. The van der Waals surface area contributed by atoms with Crippen LogP contribution in [0.1, 0.15) is 24.2 Å². The molecule has 1 atom stereocenters. The Bertz CT molecular complexity index is 853. The summed E-state index contributed by atoms with van der Waals surface area (Å²) in [5.74, 6) is -0.344. The van der Waals surface area contributed by atoms with E-state index in [2.05, 4.69) is 10.6 Å². The van der Waals surface area contributed by atoms with E-state index in [0.717, 1.165) is 5.69 Å². The summed E-state index contributed by atoms with van der Waals surface area (Å²) in [4.78, 5) is 27.4. The topological polar surface area (TPSA) is 70.7 Å². The smallest absolute Gasteiger partial charge is 0.255 e. The van der Waals surface area contributed by atoms with Gasteiger partial charge in [-0.1, -0.05) is 37.6 Å². The van der Waals surface area contributed by atoms with E-state index in [1.807, 2.05) is 38.9 Å². The molecule has 0 aromatic heterocycles. The Morgan fingerprint density at radius 2 is 1.79 bits per heavy atom. The first-order valence-corrected chi connectivity index (χ1v) is 9.34. The number of para-hydroxylation sites is 1. The Hall–Kier alpha value is -2.73. The minimum absolute atomic E-state index is 0.116. The van der Waals surface area contributed by atoms with Crippen LogP contribution in [0, 0.1) is 5.92 Å². The number of halogens is 1. The summed E-state index contributed by atoms with van der Waals surface area (Å²) in [6, 6.07) is 11.5. The molecule has 0 spiro atoms. The molecule has 6 nitrogen and oxygen atoms in total. The zero-order chi connectivity index (χ0) is 20.8. The number of ether oxygens (including phenoxy) is 1. The molecule has 1 unspecified atom stereocenters.